The van der Waals surface area contributed by atoms with Crippen LogP contribution in [0.4, 0.5) is 0 Å². The molecule has 0 amide bonds. The molecule has 5 atom stereocenters. The summed E-state index contributed by atoms with van der Waals surface area (Å²) in [6.45, 7) is 12.1. The molecule has 0 saturated heterocycles. The van der Waals surface area contributed by atoms with Crippen LogP contribution in [0.25, 0.3) is 0 Å². The molecule has 1 aromatic rings. The normalized spacial score (nSPS) is 28.2. The third-order valence-corrected chi connectivity index (χ3v) is 8.55. The second kappa shape index (κ2) is 9.37. The summed E-state index contributed by atoms with van der Waals surface area (Å²) >= 11 is 0. The number of aldehydes is 2. The summed E-state index contributed by atoms with van der Waals surface area (Å²) in [5.41, 5.74) is -0.790. The molecule has 3 aliphatic rings. The molecule has 1 saturated carbocycles. The zero-order valence-corrected chi connectivity index (χ0v) is 21.3. The Morgan fingerprint density at radius 3 is 2.06 bits per heavy atom. The average Bonchev–Trinajstić information content (AvgIpc) is 2.72. The monoisotopic (exact) mass is 472 g/mol. The van der Waals surface area contributed by atoms with Crippen molar-refractivity contribution in [1.29, 1.82) is 0 Å². The third-order valence-electron chi connectivity index (χ3n) is 8.55. The standard InChI is InChI=1S/C28H40O6/c1-15(2)11-22(23-25(32)18(13-29)24(31)19(14-30)26(23)33)28(6)12-17-8-10-21(28)20(27(4,5)34)9-7-16(17)3/h12-16,20-22,31-34H,7-11H2,1-6H3. The van der Waals surface area contributed by atoms with Crippen molar-refractivity contribution in [3.63, 3.8) is 0 Å². The van der Waals surface area contributed by atoms with Crippen LogP contribution in [0.1, 0.15) is 106 Å². The van der Waals surface area contributed by atoms with E-state index in [1.54, 1.807) is 0 Å². The summed E-state index contributed by atoms with van der Waals surface area (Å²) in [5, 5.41) is 43.8. The molecule has 4 N–H and O–H groups in total. The zero-order valence-electron chi connectivity index (χ0n) is 21.3. The minimum atomic E-state index is -0.919. The molecule has 0 radical (unpaired) electrons. The molecular weight excluding hydrogens is 432 g/mol. The van der Waals surface area contributed by atoms with E-state index in [1.165, 1.54) is 5.57 Å². The number of phenols is 3. The van der Waals surface area contributed by atoms with Gasteiger partial charge in [0.1, 0.15) is 17.2 Å². The van der Waals surface area contributed by atoms with Crippen molar-refractivity contribution >= 4 is 12.6 Å². The summed E-state index contributed by atoms with van der Waals surface area (Å²) in [6, 6.07) is 0. The lowest BCUT2D eigenvalue weighted by molar-refractivity contribution is -0.0572. The quantitative estimate of drug-likeness (QED) is 0.298. The molecule has 1 aromatic carbocycles. The van der Waals surface area contributed by atoms with Gasteiger partial charge in [0.15, 0.2) is 12.6 Å². The predicted molar refractivity (Wildman–Crippen MR) is 132 cm³/mol. The van der Waals surface area contributed by atoms with Crippen LogP contribution < -0.4 is 0 Å². The molecule has 0 aliphatic heterocycles. The Balaban J connectivity index is 2.37. The minimum Gasteiger partial charge on any atom is -0.507 e. The van der Waals surface area contributed by atoms with Crippen LogP contribution in [0, 0.1) is 29.1 Å². The Labute approximate surface area is 202 Å². The molecule has 34 heavy (non-hydrogen) atoms. The van der Waals surface area contributed by atoms with Gasteiger partial charge in [-0.05, 0) is 75.0 Å². The summed E-state index contributed by atoms with van der Waals surface area (Å²) in [6.07, 6.45) is 7.16. The van der Waals surface area contributed by atoms with E-state index in [2.05, 4.69) is 33.8 Å². The number of allylic oxidation sites excluding steroid dienone is 2. The van der Waals surface area contributed by atoms with E-state index in [4.69, 9.17) is 0 Å². The third kappa shape index (κ3) is 4.37. The topological polar surface area (TPSA) is 115 Å². The maximum atomic E-state index is 11.8. The van der Waals surface area contributed by atoms with Crippen LogP contribution in [0.15, 0.2) is 11.6 Å². The fourth-order valence-corrected chi connectivity index (χ4v) is 6.74. The number of rotatable bonds is 7. The van der Waals surface area contributed by atoms with E-state index in [-0.39, 0.29) is 34.4 Å². The first-order chi connectivity index (χ1) is 15.8. The van der Waals surface area contributed by atoms with Gasteiger partial charge in [-0.3, -0.25) is 9.59 Å². The Bertz CT molecular complexity index is 951. The molecule has 2 bridgehead atoms. The second-order valence-corrected chi connectivity index (χ2v) is 11.7. The van der Waals surface area contributed by atoms with Crippen molar-refractivity contribution in [2.24, 2.45) is 29.1 Å². The Morgan fingerprint density at radius 2 is 1.59 bits per heavy atom. The molecule has 6 heteroatoms. The number of aromatic hydroxyl groups is 3. The van der Waals surface area contributed by atoms with E-state index in [1.807, 2.05) is 13.8 Å². The van der Waals surface area contributed by atoms with Gasteiger partial charge in [0.05, 0.1) is 16.7 Å². The number of hydrogen-bond acceptors (Lipinski definition) is 6. The molecule has 1 fully saturated rings. The van der Waals surface area contributed by atoms with Crippen LogP contribution in [0.2, 0.25) is 0 Å². The van der Waals surface area contributed by atoms with E-state index >= 15 is 0 Å². The van der Waals surface area contributed by atoms with E-state index in [9.17, 15) is 30.0 Å². The number of aliphatic hydroxyl groups is 1. The van der Waals surface area contributed by atoms with Crippen molar-refractivity contribution in [2.45, 2.75) is 85.2 Å². The maximum absolute atomic E-state index is 11.8. The van der Waals surface area contributed by atoms with Crippen LogP contribution in [-0.2, 0) is 0 Å². The summed E-state index contributed by atoms with van der Waals surface area (Å²) in [5.74, 6) is -1.54. The van der Waals surface area contributed by atoms with Gasteiger partial charge in [-0.15, -0.1) is 0 Å². The molecule has 0 heterocycles. The van der Waals surface area contributed by atoms with Gasteiger partial charge in [0, 0.05) is 11.5 Å². The molecule has 6 nitrogen and oxygen atoms in total. The number of carbonyl (C=O) groups is 2. The lowest BCUT2D eigenvalue weighted by Crippen LogP contribution is -2.48. The van der Waals surface area contributed by atoms with Gasteiger partial charge >= 0.3 is 0 Å². The van der Waals surface area contributed by atoms with Crippen LogP contribution >= 0.6 is 0 Å². The van der Waals surface area contributed by atoms with Gasteiger partial charge < -0.3 is 20.4 Å². The summed E-state index contributed by atoms with van der Waals surface area (Å²) in [7, 11) is 0. The van der Waals surface area contributed by atoms with Crippen LogP contribution in [0.5, 0.6) is 17.2 Å². The fourth-order valence-electron chi connectivity index (χ4n) is 6.74. The lowest BCUT2D eigenvalue weighted by Gasteiger charge is -2.54. The number of hydrogen-bond donors (Lipinski definition) is 4. The van der Waals surface area contributed by atoms with E-state index < -0.39 is 34.2 Å². The SMILES string of the molecule is CC(C)CC(c1c(O)c(C=O)c(O)c(C=O)c1O)C1(C)C=C2CCC1C(C(C)(C)O)CCC2C. The summed E-state index contributed by atoms with van der Waals surface area (Å²) < 4.78 is 0. The van der Waals surface area contributed by atoms with Gasteiger partial charge in [-0.25, -0.2) is 0 Å². The van der Waals surface area contributed by atoms with E-state index in [0.29, 0.717) is 24.9 Å². The lowest BCUT2D eigenvalue weighted by atomic mass is 9.51. The Morgan fingerprint density at radius 1 is 1.03 bits per heavy atom. The highest BCUT2D eigenvalue weighted by Crippen LogP contribution is 2.61. The van der Waals surface area contributed by atoms with Crippen molar-refractivity contribution in [1.82, 2.24) is 0 Å². The summed E-state index contributed by atoms with van der Waals surface area (Å²) in [4.78, 5) is 23.5. The molecule has 3 aliphatic carbocycles. The number of phenolic OH excluding ortho intramolecular Hbond substituents is 3. The second-order valence-electron chi connectivity index (χ2n) is 11.7. The fraction of sp³-hybridized carbons (Fsp3) is 0.643. The molecular formula is C28H40O6. The number of carbonyl (C=O) groups excluding carboxylic acids is 2. The van der Waals surface area contributed by atoms with Gasteiger partial charge in [-0.2, -0.15) is 0 Å². The minimum absolute atomic E-state index is 0.00908. The first-order valence-electron chi connectivity index (χ1n) is 12.4. The number of fused-ring (bicyclic) bond motifs is 5. The molecule has 0 spiro atoms. The first-order valence-corrected chi connectivity index (χ1v) is 12.4. The van der Waals surface area contributed by atoms with Crippen molar-refractivity contribution in [2.75, 3.05) is 0 Å². The number of benzene rings is 1. The first kappa shape index (κ1) is 26.3. The highest BCUT2D eigenvalue weighted by molar-refractivity contribution is 5.95. The highest BCUT2D eigenvalue weighted by Gasteiger charge is 2.52. The average molecular weight is 473 g/mol. The van der Waals surface area contributed by atoms with Gasteiger partial charge in [0.2, 0.25) is 0 Å². The van der Waals surface area contributed by atoms with Crippen LogP contribution in [0.3, 0.4) is 0 Å². The molecule has 5 unspecified atom stereocenters. The molecule has 4 rings (SSSR count). The smallest absolute Gasteiger partial charge is 0.157 e. The molecule has 188 valence electrons. The Hall–Kier alpha value is -2.34. The highest BCUT2D eigenvalue weighted by atomic mass is 16.3. The van der Waals surface area contributed by atoms with Crippen LogP contribution in [-0.4, -0.2) is 38.6 Å². The maximum Gasteiger partial charge on any atom is 0.157 e. The van der Waals surface area contributed by atoms with Crippen molar-refractivity contribution in [3.05, 3.63) is 28.3 Å². The van der Waals surface area contributed by atoms with Crippen molar-refractivity contribution < 1.29 is 30.0 Å². The van der Waals surface area contributed by atoms with Crippen molar-refractivity contribution in [3.8, 4) is 17.2 Å². The molecule has 0 aromatic heterocycles. The van der Waals surface area contributed by atoms with Gasteiger partial charge in [-0.1, -0.05) is 39.3 Å². The van der Waals surface area contributed by atoms with Gasteiger partial charge in [0.25, 0.3) is 0 Å². The largest absolute Gasteiger partial charge is 0.507 e. The Kier molecular flexibility index (Phi) is 7.24. The zero-order chi connectivity index (χ0) is 25.6. The predicted octanol–water partition coefficient (Wildman–Crippen LogP) is 5.72. The van der Waals surface area contributed by atoms with E-state index in [0.717, 1.165) is 25.7 Å².